The van der Waals surface area contributed by atoms with Gasteiger partial charge in [-0.1, -0.05) is 13.8 Å². The summed E-state index contributed by atoms with van der Waals surface area (Å²) in [5.74, 6) is 0. The molecule has 0 atom stereocenters. The summed E-state index contributed by atoms with van der Waals surface area (Å²) in [6.45, 7) is 7.45. The molecule has 0 radical (unpaired) electrons. The topological polar surface area (TPSA) is 42.2 Å². The number of nitrogens with two attached hydrogens (primary N) is 1. The predicted molar refractivity (Wildman–Crippen MR) is 53.2 cm³/mol. The van der Waals surface area contributed by atoms with Gasteiger partial charge in [-0.15, -0.1) is 11.3 Å². The SMILES string of the molecule is CCN(CC)Cc1cnc(N)s1. The molecule has 1 rings (SSSR count). The summed E-state index contributed by atoms with van der Waals surface area (Å²) in [4.78, 5) is 7.59. The van der Waals surface area contributed by atoms with Crippen LogP contribution in [0.2, 0.25) is 0 Å². The minimum absolute atomic E-state index is 0.664. The lowest BCUT2D eigenvalue weighted by Crippen LogP contribution is -2.21. The zero-order valence-electron chi connectivity index (χ0n) is 7.58. The molecule has 0 aliphatic rings. The third-order valence-electron chi connectivity index (χ3n) is 1.85. The molecule has 0 fully saturated rings. The van der Waals surface area contributed by atoms with E-state index in [1.165, 1.54) is 4.88 Å². The highest BCUT2D eigenvalue weighted by Gasteiger charge is 2.03. The average molecular weight is 185 g/mol. The summed E-state index contributed by atoms with van der Waals surface area (Å²) < 4.78 is 0. The molecule has 0 bridgehead atoms. The molecule has 0 unspecified atom stereocenters. The lowest BCUT2D eigenvalue weighted by molar-refractivity contribution is 0.298. The quantitative estimate of drug-likeness (QED) is 0.774. The smallest absolute Gasteiger partial charge is 0.180 e. The Balaban J connectivity index is 2.50. The highest BCUT2D eigenvalue weighted by Crippen LogP contribution is 2.15. The summed E-state index contributed by atoms with van der Waals surface area (Å²) in [5, 5.41) is 0.664. The summed E-state index contributed by atoms with van der Waals surface area (Å²) in [7, 11) is 0. The number of hydrogen-bond acceptors (Lipinski definition) is 4. The van der Waals surface area contributed by atoms with Crippen LogP contribution in [-0.2, 0) is 6.54 Å². The second-order valence-corrected chi connectivity index (χ2v) is 3.77. The van der Waals surface area contributed by atoms with Crippen LogP contribution in [0.4, 0.5) is 5.13 Å². The van der Waals surface area contributed by atoms with E-state index >= 15 is 0 Å². The molecule has 0 aliphatic carbocycles. The van der Waals surface area contributed by atoms with Crippen LogP contribution in [0, 0.1) is 0 Å². The number of nitrogen functional groups attached to an aromatic ring is 1. The van der Waals surface area contributed by atoms with Crippen LogP contribution in [-0.4, -0.2) is 23.0 Å². The van der Waals surface area contributed by atoms with Crippen LogP contribution >= 0.6 is 11.3 Å². The fraction of sp³-hybridized carbons (Fsp3) is 0.625. The van der Waals surface area contributed by atoms with Crippen molar-refractivity contribution < 1.29 is 0 Å². The van der Waals surface area contributed by atoms with Gasteiger partial charge in [0.15, 0.2) is 5.13 Å². The number of anilines is 1. The molecule has 68 valence electrons. The molecule has 1 aromatic heterocycles. The molecule has 0 aromatic carbocycles. The molecule has 0 amide bonds. The molecule has 4 heteroatoms. The van der Waals surface area contributed by atoms with Crippen molar-refractivity contribution in [3.8, 4) is 0 Å². The standard InChI is InChI=1S/C8H15N3S/c1-3-11(4-2)6-7-5-10-8(9)12-7/h5H,3-4,6H2,1-2H3,(H2,9,10). The lowest BCUT2D eigenvalue weighted by Gasteiger charge is -2.15. The van der Waals surface area contributed by atoms with Gasteiger partial charge >= 0.3 is 0 Å². The van der Waals surface area contributed by atoms with E-state index in [1.54, 1.807) is 11.3 Å². The van der Waals surface area contributed by atoms with Crippen LogP contribution in [0.15, 0.2) is 6.20 Å². The molecular weight excluding hydrogens is 170 g/mol. The Morgan fingerprint density at radius 3 is 2.58 bits per heavy atom. The second-order valence-electron chi connectivity index (χ2n) is 2.63. The molecule has 1 heterocycles. The van der Waals surface area contributed by atoms with Crippen molar-refractivity contribution in [3.63, 3.8) is 0 Å². The summed E-state index contributed by atoms with van der Waals surface area (Å²) in [5.41, 5.74) is 5.53. The van der Waals surface area contributed by atoms with Gasteiger partial charge in [0.1, 0.15) is 0 Å². The zero-order valence-corrected chi connectivity index (χ0v) is 8.40. The van der Waals surface area contributed by atoms with Crippen molar-refractivity contribution in [3.05, 3.63) is 11.1 Å². The van der Waals surface area contributed by atoms with Gasteiger partial charge in [0.25, 0.3) is 0 Å². The second kappa shape index (κ2) is 4.42. The van der Waals surface area contributed by atoms with E-state index < -0.39 is 0 Å². The van der Waals surface area contributed by atoms with Gasteiger partial charge in [-0.25, -0.2) is 4.98 Å². The van der Waals surface area contributed by atoms with E-state index in [-0.39, 0.29) is 0 Å². The first-order valence-electron chi connectivity index (χ1n) is 4.18. The number of hydrogen-bond donors (Lipinski definition) is 1. The summed E-state index contributed by atoms with van der Waals surface area (Å²) in [6.07, 6.45) is 1.86. The van der Waals surface area contributed by atoms with Crippen molar-refractivity contribution in [1.82, 2.24) is 9.88 Å². The first-order valence-corrected chi connectivity index (χ1v) is 5.00. The van der Waals surface area contributed by atoms with Gasteiger partial charge in [0.05, 0.1) is 0 Å². The molecular formula is C8H15N3S. The summed E-state index contributed by atoms with van der Waals surface area (Å²) >= 11 is 1.57. The minimum Gasteiger partial charge on any atom is -0.375 e. The van der Waals surface area contributed by atoms with Gasteiger partial charge in [-0.2, -0.15) is 0 Å². The van der Waals surface area contributed by atoms with Gasteiger partial charge in [0.2, 0.25) is 0 Å². The van der Waals surface area contributed by atoms with Crippen molar-refractivity contribution in [1.29, 1.82) is 0 Å². The Morgan fingerprint density at radius 2 is 2.17 bits per heavy atom. The number of aromatic nitrogens is 1. The third kappa shape index (κ3) is 2.46. The van der Waals surface area contributed by atoms with Crippen LogP contribution < -0.4 is 5.73 Å². The zero-order chi connectivity index (χ0) is 8.97. The predicted octanol–water partition coefficient (Wildman–Crippen LogP) is 1.57. The highest BCUT2D eigenvalue weighted by atomic mass is 32.1. The van der Waals surface area contributed by atoms with Crippen LogP contribution in [0.3, 0.4) is 0 Å². The van der Waals surface area contributed by atoms with Crippen molar-refractivity contribution in [2.45, 2.75) is 20.4 Å². The van der Waals surface area contributed by atoms with Crippen molar-refractivity contribution >= 4 is 16.5 Å². The maximum absolute atomic E-state index is 5.53. The minimum atomic E-state index is 0.664. The Kier molecular flexibility index (Phi) is 3.49. The number of nitrogens with zero attached hydrogens (tertiary/aromatic N) is 2. The summed E-state index contributed by atoms with van der Waals surface area (Å²) in [6, 6.07) is 0. The lowest BCUT2D eigenvalue weighted by atomic mass is 10.4. The van der Waals surface area contributed by atoms with Crippen LogP contribution in [0.5, 0.6) is 0 Å². The van der Waals surface area contributed by atoms with Gasteiger partial charge in [-0.05, 0) is 13.1 Å². The van der Waals surface area contributed by atoms with Gasteiger partial charge in [-0.3, -0.25) is 4.90 Å². The molecule has 0 spiro atoms. The molecule has 0 saturated carbocycles. The molecule has 0 aliphatic heterocycles. The van der Waals surface area contributed by atoms with Crippen LogP contribution in [0.1, 0.15) is 18.7 Å². The normalized spacial score (nSPS) is 10.9. The van der Waals surface area contributed by atoms with E-state index in [1.807, 2.05) is 6.20 Å². The average Bonchev–Trinajstić information content (AvgIpc) is 2.47. The van der Waals surface area contributed by atoms with E-state index in [2.05, 4.69) is 23.7 Å². The maximum Gasteiger partial charge on any atom is 0.180 e. The molecule has 2 N–H and O–H groups in total. The fourth-order valence-corrected chi connectivity index (χ4v) is 1.79. The van der Waals surface area contributed by atoms with Crippen molar-refractivity contribution in [2.75, 3.05) is 18.8 Å². The van der Waals surface area contributed by atoms with E-state index in [0.29, 0.717) is 5.13 Å². The molecule has 3 nitrogen and oxygen atoms in total. The Hall–Kier alpha value is -0.610. The molecule has 12 heavy (non-hydrogen) atoms. The fourth-order valence-electron chi connectivity index (χ4n) is 1.06. The largest absolute Gasteiger partial charge is 0.375 e. The van der Waals surface area contributed by atoms with Gasteiger partial charge < -0.3 is 5.73 Å². The van der Waals surface area contributed by atoms with Crippen LogP contribution in [0.25, 0.3) is 0 Å². The highest BCUT2D eigenvalue weighted by molar-refractivity contribution is 7.15. The molecule has 1 aromatic rings. The maximum atomic E-state index is 5.53. The Bertz CT molecular complexity index is 230. The monoisotopic (exact) mass is 185 g/mol. The molecule has 0 saturated heterocycles. The third-order valence-corrected chi connectivity index (χ3v) is 2.66. The number of rotatable bonds is 4. The first kappa shape index (κ1) is 9.48. The van der Waals surface area contributed by atoms with Crippen molar-refractivity contribution in [2.24, 2.45) is 0 Å². The van der Waals surface area contributed by atoms with E-state index in [9.17, 15) is 0 Å². The van der Waals surface area contributed by atoms with Gasteiger partial charge in [0, 0.05) is 17.6 Å². The van der Waals surface area contributed by atoms with E-state index in [0.717, 1.165) is 19.6 Å². The van der Waals surface area contributed by atoms with E-state index in [4.69, 9.17) is 5.73 Å². The Morgan fingerprint density at radius 1 is 1.50 bits per heavy atom. The number of thiazole rings is 1. The Labute approximate surface area is 77.2 Å². The first-order chi connectivity index (χ1) is 5.76.